The summed E-state index contributed by atoms with van der Waals surface area (Å²) in [6.07, 6.45) is -1.01. The number of rotatable bonds is 5. The molecule has 2 amide bonds. The van der Waals surface area contributed by atoms with E-state index in [-0.39, 0.29) is 19.1 Å². The largest absolute Gasteiger partial charge is 0.449 e. The predicted molar refractivity (Wildman–Crippen MR) is 141 cm³/mol. The molecule has 0 spiro atoms. The number of ether oxygens (including phenoxy) is 2. The molecule has 34 heavy (non-hydrogen) atoms. The van der Waals surface area contributed by atoms with Crippen molar-refractivity contribution in [3.63, 3.8) is 0 Å². The molecule has 2 N–H and O–H groups in total. The van der Waals surface area contributed by atoms with Crippen LogP contribution < -0.4 is 10.6 Å². The zero-order chi connectivity index (χ0) is 24.3. The lowest BCUT2D eigenvalue weighted by molar-refractivity contribution is 0.0636. The van der Waals surface area contributed by atoms with E-state index in [4.69, 9.17) is 9.47 Å². The summed E-state index contributed by atoms with van der Waals surface area (Å²) < 4.78 is 11.8. The van der Waals surface area contributed by atoms with Crippen LogP contribution in [0.15, 0.2) is 66.7 Å². The molecule has 6 nitrogen and oxygen atoms in total. The highest BCUT2D eigenvalue weighted by atomic mass is 127. The van der Waals surface area contributed by atoms with Gasteiger partial charge in [0.1, 0.15) is 12.2 Å². The summed E-state index contributed by atoms with van der Waals surface area (Å²) in [6.45, 7) is 5.97. The summed E-state index contributed by atoms with van der Waals surface area (Å²) >= 11 is 2.17. The van der Waals surface area contributed by atoms with E-state index in [1.54, 1.807) is 6.07 Å². The lowest BCUT2D eigenvalue weighted by Crippen LogP contribution is -2.27. The van der Waals surface area contributed by atoms with Crippen LogP contribution in [0, 0.1) is 3.57 Å². The zero-order valence-corrected chi connectivity index (χ0v) is 21.5. The summed E-state index contributed by atoms with van der Waals surface area (Å²) in [5, 5.41) is 5.55. The Morgan fingerprint density at radius 2 is 1.53 bits per heavy atom. The van der Waals surface area contributed by atoms with E-state index in [1.165, 1.54) is 22.3 Å². The second-order valence-electron chi connectivity index (χ2n) is 9.15. The first kappa shape index (κ1) is 24.1. The first-order valence-corrected chi connectivity index (χ1v) is 12.2. The normalized spacial score (nSPS) is 12.5. The fraction of sp³-hybridized carbons (Fsp3) is 0.259. The maximum atomic E-state index is 12.5. The molecule has 7 heteroatoms. The molecule has 0 bridgehead atoms. The average molecular weight is 570 g/mol. The van der Waals surface area contributed by atoms with Crippen LogP contribution in [0.25, 0.3) is 11.1 Å². The number of fused-ring (bicyclic) bond motifs is 3. The second-order valence-corrected chi connectivity index (χ2v) is 10.4. The number of amides is 2. The Balaban J connectivity index is 1.35. The van der Waals surface area contributed by atoms with Gasteiger partial charge in [-0.25, -0.2) is 9.59 Å². The molecule has 0 heterocycles. The number of carbonyl (C=O) groups excluding carboxylic acids is 2. The minimum Gasteiger partial charge on any atom is -0.449 e. The van der Waals surface area contributed by atoms with E-state index in [0.29, 0.717) is 5.69 Å². The molecule has 0 saturated carbocycles. The maximum absolute atomic E-state index is 12.5. The van der Waals surface area contributed by atoms with Crippen LogP contribution in [0.4, 0.5) is 15.3 Å². The van der Waals surface area contributed by atoms with E-state index in [9.17, 15) is 9.59 Å². The summed E-state index contributed by atoms with van der Waals surface area (Å²) in [4.78, 5) is 24.6. The molecular formula is C27H27IN2O4. The Morgan fingerprint density at radius 3 is 2.15 bits per heavy atom. The standard InChI is InChI=1S/C27H27IN2O4/c1-27(2,3)34-26(32)30-19-13-17(12-18(28)14-19)15-29-25(31)33-16-24-22-10-6-4-8-20(22)21-9-5-7-11-23(21)24/h4-14,24H,15-16H2,1-3H3,(H,29,31)(H,30,32). The van der Waals surface area contributed by atoms with Crippen molar-refractivity contribution in [1.29, 1.82) is 0 Å². The number of carbonyl (C=O) groups is 2. The average Bonchev–Trinajstić information content (AvgIpc) is 3.08. The van der Waals surface area contributed by atoms with Gasteiger partial charge in [-0.3, -0.25) is 5.32 Å². The van der Waals surface area contributed by atoms with Crippen LogP contribution in [0.2, 0.25) is 0 Å². The molecule has 3 aromatic rings. The molecule has 3 aromatic carbocycles. The van der Waals surface area contributed by atoms with Gasteiger partial charge in [0.05, 0.1) is 0 Å². The highest BCUT2D eigenvalue weighted by Crippen LogP contribution is 2.44. The summed E-state index contributed by atoms with van der Waals surface area (Å²) in [6, 6.07) is 22.0. The van der Waals surface area contributed by atoms with Crippen molar-refractivity contribution < 1.29 is 19.1 Å². The van der Waals surface area contributed by atoms with Gasteiger partial charge in [-0.1, -0.05) is 48.5 Å². The quantitative estimate of drug-likeness (QED) is 0.336. The number of hydrogen-bond donors (Lipinski definition) is 2. The second kappa shape index (κ2) is 10.0. The predicted octanol–water partition coefficient (Wildman–Crippen LogP) is 6.68. The molecule has 0 aliphatic heterocycles. The Morgan fingerprint density at radius 1 is 0.912 bits per heavy atom. The topological polar surface area (TPSA) is 76.7 Å². The summed E-state index contributed by atoms with van der Waals surface area (Å²) in [5.74, 6) is 0.0143. The molecule has 0 unspecified atom stereocenters. The number of alkyl carbamates (subject to hydrolysis) is 1. The van der Waals surface area contributed by atoms with E-state index in [1.807, 2.05) is 57.2 Å². The minimum atomic E-state index is -0.583. The highest BCUT2D eigenvalue weighted by molar-refractivity contribution is 14.1. The van der Waals surface area contributed by atoms with Crippen molar-refractivity contribution in [3.8, 4) is 11.1 Å². The maximum Gasteiger partial charge on any atom is 0.412 e. The lowest BCUT2D eigenvalue weighted by Gasteiger charge is -2.20. The number of anilines is 1. The van der Waals surface area contributed by atoms with Crippen LogP contribution in [0.3, 0.4) is 0 Å². The monoisotopic (exact) mass is 570 g/mol. The molecule has 176 valence electrons. The van der Waals surface area contributed by atoms with Crippen LogP contribution in [0.1, 0.15) is 43.4 Å². The molecule has 0 radical (unpaired) electrons. The van der Waals surface area contributed by atoms with Crippen molar-refractivity contribution in [2.75, 3.05) is 11.9 Å². The Bertz CT molecular complexity index is 1170. The molecule has 0 aromatic heterocycles. The number of hydrogen-bond acceptors (Lipinski definition) is 4. The van der Waals surface area contributed by atoms with E-state index in [2.05, 4.69) is 57.5 Å². The van der Waals surface area contributed by atoms with Crippen LogP contribution in [0.5, 0.6) is 0 Å². The van der Waals surface area contributed by atoms with Gasteiger partial charge < -0.3 is 14.8 Å². The number of nitrogens with one attached hydrogen (secondary N) is 2. The van der Waals surface area contributed by atoms with Crippen molar-refractivity contribution in [2.45, 2.75) is 38.8 Å². The molecule has 1 aliphatic rings. The summed E-state index contributed by atoms with van der Waals surface area (Å²) in [5.41, 5.74) is 5.59. The Labute approximate surface area is 213 Å². The fourth-order valence-corrected chi connectivity index (χ4v) is 4.81. The SMILES string of the molecule is CC(C)(C)OC(=O)Nc1cc(I)cc(CNC(=O)OCC2c3ccccc3-c3ccccc32)c1. The third-order valence-electron chi connectivity index (χ3n) is 5.38. The van der Waals surface area contributed by atoms with Gasteiger partial charge in [0, 0.05) is 21.7 Å². The van der Waals surface area contributed by atoms with Crippen molar-refractivity contribution >= 4 is 40.5 Å². The number of halogens is 1. The van der Waals surface area contributed by atoms with Gasteiger partial charge in [-0.2, -0.15) is 0 Å². The lowest BCUT2D eigenvalue weighted by atomic mass is 9.98. The smallest absolute Gasteiger partial charge is 0.412 e. The minimum absolute atomic E-state index is 0.0143. The molecule has 1 aliphatic carbocycles. The van der Waals surface area contributed by atoms with Gasteiger partial charge in [0.25, 0.3) is 0 Å². The van der Waals surface area contributed by atoms with Crippen LogP contribution in [-0.4, -0.2) is 24.4 Å². The van der Waals surface area contributed by atoms with E-state index in [0.717, 1.165) is 9.13 Å². The van der Waals surface area contributed by atoms with Gasteiger partial charge >= 0.3 is 12.2 Å². The molecule has 4 rings (SSSR count). The van der Waals surface area contributed by atoms with E-state index >= 15 is 0 Å². The highest BCUT2D eigenvalue weighted by Gasteiger charge is 2.29. The Kier molecular flexibility index (Phi) is 7.11. The molecule has 0 saturated heterocycles. The van der Waals surface area contributed by atoms with Gasteiger partial charge in [-0.15, -0.1) is 0 Å². The Hall–Kier alpha value is -3.07. The van der Waals surface area contributed by atoms with Crippen LogP contribution >= 0.6 is 22.6 Å². The van der Waals surface area contributed by atoms with Crippen LogP contribution in [-0.2, 0) is 16.0 Å². The zero-order valence-electron chi connectivity index (χ0n) is 19.4. The molecule has 0 atom stereocenters. The summed E-state index contributed by atoms with van der Waals surface area (Å²) in [7, 11) is 0. The molecule has 0 fully saturated rings. The van der Waals surface area contributed by atoms with E-state index < -0.39 is 17.8 Å². The van der Waals surface area contributed by atoms with Crippen molar-refractivity contribution in [1.82, 2.24) is 5.32 Å². The third kappa shape index (κ3) is 5.88. The van der Waals surface area contributed by atoms with Gasteiger partial charge in [0.2, 0.25) is 0 Å². The first-order chi connectivity index (χ1) is 16.2. The fourth-order valence-electron chi connectivity index (χ4n) is 4.07. The van der Waals surface area contributed by atoms with Crippen molar-refractivity contribution in [2.24, 2.45) is 0 Å². The third-order valence-corrected chi connectivity index (χ3v) is 6.01. The van der Waals surface area contributed by atoms with Gasteiger partial charge in [-0.05, 0) is 89.4 Å². The molecular weight excluding hydrogens is 543 g/mol. The van der Waals surface area contributed by atoms with Crippen molar-refractivity contribution in [3.05, 3.63) is 87.0 Å². The number of benzene rings is 3. The first-order valence-electron chi connectivity index (χ1n) is 11.1. The van der Waals surface area contributed by atoms with Gasteiger partial charge in [0.15, 0.2) is 0 Å².